The van der Waals surface area contributed by atoms with Crippen LogP contribution in [-0.2, 0) is 16.0 Å². The second-order valence-corrected chi connectivity index (χ2v) is 9.38. The molecule has 0 saturated carbocycles. The Morgan fingerprint density at radius 1 is 1.05 bits per heavy atom. The van der Waals surface area contributed by atoms with Crippen molar-refractivity contribution in [2.24, 2.45) is 0 Å². The van der Waals surface area contributed by atoms with Gasteiger partial charge in [0, 0.05) is 44.1 Å². The number of alkyl halides is 2. The predicted octanol–water partition coefficient (Wildman–Crippen LogP) is 2.35. The molecule has 202 valence electrons. The normalized spacial score (nSPS) is 16.4. The van der Waals surface area contributed by atoms with Crippen LogP contribution in [0.15, 0.2) is 54.7 Å². The molecule has 2 aliphatic rings. The van der Waals surface area contributed by atoms with Gasteiger partial charge in [0.25, 0.3) is 6.43 Å². The molecule has 2 saturated heterocycles. The largest absolute Gasteiger partial charge is 0.378 e. The quantitative estimate of drug-likeness (QED) is 0.351. The summed E-state index contributed by atoms with van der Waals surface area (Å²) in [5, 5.41) is 5.19. The van der Waals surface area contributed by atoms with E-state index >= 15 is 0 Å². The summed E-state index contributed by atoms with van der Waals surface area (Å²) in [4.78, 5) is 32.0. The number of morpholine rings is 1. The number of pyridine rings is 1. The number of aromatic nitrogens is 5. The molecule has 2 fully saturated rings. The van der Waals surface area contributed by atoms with E-state index in [1.165, 1.54) is 4.57 Å². The summed E-state index contributed by atoms with van der Waals surface area (Å²) in [6, 6.07) is 14.1. The van der Waals surface area contributed by atoms with Crippen LogP contribution in [0.5, 0.6) is 0 Å². The van der Waals surface area contributed by atoms with E-state index in [-0.39, 0.29) is 24.2 Å². The van der Waals surface area contributed by atoms with Crippen molar-refractivity contribution in [2.45, 2.75) is 18.9 Å². The molecular formula is C26H27F2N9O2. The third-order valence-electron chi connectivity index (χ3n) is 6.59. The van der Waals surface area contributed by atoms with Crippen LogP contribution in [0.4, 0.5) is 20.5 Å². The molecule has 39 heavy (non-hydrogen) atoms. The Morgan fingerprint density at radius 3 is 2.62 bits per heavy atom. The van der Waals surface area contributed by atoms with E-state index < -0.39 is 6.43 Å². The van der Waals surface area contributed by atoms with E-state index in [9.17, 15) is 13.6 Å². The van der Waals surface area contributed by atoms with Crippen LogP contribution in [0, 0.1) is 0 Å². The van der Waals surface area contributed by atoms with Gasteiger partial charge in [0.05, 0.1) is 36.7 Å². The molecule has 0 aliphatic carbocycles. The van der Waals surface area contributed by atoms with Crippen molar-refractivity contribution in [2.75, 3.05) is 49.6 Å². The molecule has 4 aromatic rings. The minimum absolute atomic E-state index is 0.00506. The number of hydrogen-bond acceptors (Lipinski definition) is 9. The number of nitrogens with zero attached hydrogens (tertiary/aromatic N) is 7. The lowest BCUT2D eigenvalue weighted by Crippen LogP contribution is -2.61. The lowest BCUT2D eigenvalue weighted by Gasteiger charge is -2.39. The number of ether oxygens (including phenoxy) is 1. The van der Waals surface area contributed by atoms with E-state index in [4.69, 9.17) is 9.72 Å². The van der Waals surface area contributed by atoms with Gasteiger partial charge in [0.2, 0.25) is 11.9 Å². The first-order chi connectivity index (χ1) is 19.0. The fourth-order valence-electron chi connectivity index (χ4n) is 4.70. The molecule has 5 heterocycles. The van der Waals surface area contributed by atoms with Gasteiger partial charge in [-0.05, 0) is 24.3 Å². The fraction of sp³-hybridized carbons (Fsp3) is 0.346. The topological polar surface area (TPSA) is 113 Å². The van der Waals surface area contributed by atoms with E-state index in [2.05, 4.69) is 25.7 Å². The maximum atomic E-state index is 14.1. The van der Waals surface area contributed by atoms with Crippen LogP contribution in [0.3, 0.4) is 0 Å². The van der Waals surface area contributed by atoms with Gasteiger partial charge in [-0.3, -0.25) is 19.8 Å². The highest BCUT2D eigenvalue weighted by molar-refractivity contribution is 5.78. The van der Waals surface area contributed by atoms with E-state index in [1.807, 2.05) is 22.0 Å². The molecule has 0 atom stereocenters. The zero-order valence-electron chi connectivity index (χ0n) is 21.0. The molecular weight excluding hydrogens is 508 g/mol. The van der Waals surface area contributed by atoms with Crippen molar-refractivity contribution < 1.29 is 18.3 Å². The Morgan fingerprint density at radius 2 is 1.85 bits per heavy atom. The Hall–Kier alpha value is -4.23. The van der Waals surface area contributed by atoms with Crippen molar-refractivity contribution in [3.05, 3.63) is 66.2 Å². The fourth-order valence-corrected chi connectivity index (χ4v) is 4.70. The molecule has 1 amide bonds. The monoisotopic (exact) mass is 535 g/mol. The second kappa shape index (κ2) is 10.9. The number of carbonyl (C=O) groups excluding carboxylic acids is 1. The van der Waals surface area contributed by atoms with Crippen molar-refractivity contribution in [1.29, 1.82) is 0 Å². The number of imidazole rings is 1. The smallest absolute Gasteiger partial charge is 0.296 e. The molecule has 1 aromatic carbocycles. The number of hydrazine groups is 1. The van der Waals surface area contributed by atoms with Crippen LogP contribution in [0.2, 0.25) is 0 Å². The van der Waals surface area contributed by atoms with Gasteiger partial charge in [0.1, 0.15) is 11.6 Å². The van der Waals surface area contributed by atoms with Gasteiger partial charge in [0.15, 0.2) is 5.82 Å². The summed E-state index contributed by atoms with van der Waals surface area (Å²) >= 11 is 0. The molecule has 0 unspecified atom stereocenters. The summed E-state index contributed by atoms with van der Waals surface area (Å²) in [5.41, 5.74) is 4.58. The Labute approximate surface area is 222 Å². The highest BCUT2D eigenvalue weighted by Crippen LogP contribution is 2.29. The third kappa shape index (κ3) is 5.49. The first-order valence-electron chi connectivity index (χ1n) is 12.7. The van der Waals surface area contributed by atoms with Gasteiger partial charge in [-0.15, -0.1) is 0 Å². The zero-order valence-corrected chi connectivity index (χ0v) is 21.0. The van der Waals surface area contributed by atoms with E-state index in [0.29, 0.717) is 73.7 Å². The number of fused-ring (bicyclic) bond motifs is 1. The van der Waals surface area contributed by atoms with Crippen LogP contribution >= 0.6 is 0 Å². The number of halogens is 2. The summed E-state index contributed by atoms with van der Waals surface area (Å²) in [5.74, 6) is 0.717. The number of nitrogens with one attached hydrogen (secondary N) is 2. The van der Waals surface area contributed by atoms with Crippen LogP contribution in [0.1, 0.15) is 17.9 Å². The maximum absolute atomic E-state index is 14.1. The molecule has 0 spiro atoms. The summed E-state index contributed by atoms with van der Waals surface area (Å²) < 4.78 is 35.0. The first-order valence-corrected chi connectivity index (χ1v) is 12.7. The number of anilines is 2. The number of carbonyl (C=O) groups is 1. The summed E-state index contributed by atoms with van der Waals surface area (Å²) in [6.07, 6.45) is -0.936. The highest BCUT2D eigenvalue weighted by atomic mass is 19.3. The van der Waals surface area contributed by atoms with Crippen molar-refractivity contribution in [1.82, 2.24) is 34.9 Å². The molecule has 0 radical (unpaired) electrons. The minimum atomic E-state index is -2.79. The summed E-state index contributed by atoms with van der Waals surface area (Å²) in [6.45, 7) is 3.35. The number of amides is 1. The van der Waals surface area contributed by atoms with Crippen LogP contribution in [0.25, 0.3) is 16.9 Å². The Bertz CT molecular complexity index is 1450. The SMILES string of the molecule is O=C(Cc1ccccn1)NN1CC(Nc2cc(-n3c(C(F)F)nc4ccccc43)nc(N3CCOCC3)n2)C1. The molecule has 2 aliphatic heterocycles. The van der Waals surface area contributed by atoms with Gasteiger partial charge in [-0.1, -0.05) is 18.2 Å². The lowest BCUT2D eigenvalue weighted by atomic mass is 10.1. The van der Waals surface area contributed by atoms with Crippen LogP contribution < -0.4 is 15.6 Å². The van der Waals surface area contributed by atoms with Crippen LogP contribution in [-0.4, -0.2) is 80.9 Å². The molecule has 11 nitrogen and oxygen atoms in total. The lowest BCUT2D eigenvalue weighted by molar-refractivity contribution is -0.127. The maximum Gasteiger partial charge on any atom is 0.296 e. The van der Waals surface area contributed by atoms with E-state index in [1.54, 1.807) is 42.6 Å². The summed E-state index contributed by atoms with van der Waals surface area (Å²) in [7, 11) is 0. The number of benzene rings is 1. The average Bonchev–Trinajstić information content (AvgIpc) is 3.33. The minimum Gasteiger partial charge on any atom is -0.378 e. The van der Waals surface area contributed by atoms with Crippen molar-refractivity contribution >= 4 is 28.7 Å². The highest BCUT2D eigenvalue weighted by Gasteiger charge is 2.29. The number of para-hydroxylation sites is 2. The first kappa shape index (κ1) is 25.1. The predicted molar refractivity (Wildman–Crippen MR) is 140 cm³/mol. The van der Waals surface area contributed by atoms with Crippen molar-refractivity contribution in [3.8, 4) is 5.82 Å². The van der Waals surface area contributed by atoms with E-state index in [0.717, 1.165) is 0 Å². The Kier molecular flexibility index (Phi) is 6.99. The number of rotatable bonds is 8. The molecule has 2 N–H and O–H groups in total. The van der Waals surface area contributed by atoms with Gasteiger partial charge in [-0.2, -0.15) is 9.97 Å². The molecule has 0 bridgehead atoms. The average molecular weight is 536 g/mol. The van der Waals surface area contributed by atoms with Crippen molar-refractivity contribution in [3.63, 3.8) is 0 Å². The second-order valence-electron chi connectivity index (χ2n) is 9.38. The third-order valence-corrected chi connectivity index (χ3v) is 6.59. The zero-order chi connectivity index (χ0) is 26.8. The van der Waals surface area contributed by atoms with Gasteiger partial charge >= 0.3 is 0 Å². The molecule has 6 rings (SSSR count). The van der Waals surface area contributed by atoms with Gasteiger partial charge in [-0.25, -0.2) is 18.8 Å². The molecule has 13 heteroatoms. The molecule has 3 aromatic heterocycles. The number of hydrogen-bond donors (Lipinski definition) is 2. The van der Waals surface area contributed by atoms with Gasteiger partial charge < -0.3 is 15.0 Å². The standard InChI is InChI=1S/C26H27F2N9O2/c27-24(28)25-31-19-6-1-2-7-20(19)37(25)22-14-21(32-26(33-22)35-9-11-39-12-10-35)30-18-15-36(16-18)34-23(38)13-17-5-3-4-8-29-17/h1-8,14,18,24H,9-13,15-16H2,(H,34,38)(H,30,32,33). The Balaban J connectivity index is 1.22.